The lowest BCUT2D eigenvalue weighted by molar-refractivity contribution is 0.0233. The van der Waals surface area contributed by atoms with E-state index in [4.69, 9.17) is 16.4 Å². The quantitative estimate of drug-likeness (QED) is 0.872. The monoisotopic (exact) mass is 279 g/mol. The van der Waals surface area contributed by atoms with Crippen molar-refractivity contribution >= 4 is 17.5 Å². The Morgan fingerprint density at radius 1 is 1.16 bits per heavy atom. The second kappa shape index (κ2) is 6.31. The van der Waals surface area contributed by atoms with Crippen molar-refractivity contribution in [1.29, 1.82) is 0 Å². The highest BCUT2D eigenvalue weighted by Crippen LogP contribution is 2.19. The first-order valence-corrected chi connectivity index (χ1v) is 5.96. The third-order valence-electron chi connectivity index (χ3n) is 2.44. The van der Waals surface area contributed by atoms with Crippen LogP contribution < -0.4 is 5.48 Å². The summed E-state index contributed by atoms with van der Waals surface area (Å²) in [6.45, 7) is 0.222. The van der Waals surface area contributed by atoms with Crippen LogP contribution in [0.15, 0.2) is 48.5 Å². The molecule has 19 heavy (non-hydrogen) atoms. The molecule has 2 rings (SSSR count). The maximum absolute atomic E-state index is 13.2. The number of hydrogen-bond acceptors (Lipinski definition) is 2. The van der Waals surface area contributed by atoms with Crippen LogP contribution in [0, 0.1) is 5.82 Å². The summed E-state index contributed by atoms with van der Waals surface area (Å²) < 4.78 is 13.2. The Morgan fingerprint density at radius 2 is 1.89 bits per heavy atom. The molecule has 0 atom stereocenters. The van der Waals surface area contributed by atoms with Crippen molar-refractivity contribution in [2.45, 2.75) is 6.61 Å². The lowest BCUT2D eigenvalue weighted by Crippen LogP contribution is -2.24. The summed E-state index contributed by atoms with van der Waals surface area (Å²) in [5, 5.41) is -0.219. The summed E-state index contributed by atoms with van der Waals surface area (Å²) in [6.07, 6.45) is 0. The Kier molecular flexibility index (Phi) is 4.49. The molecule has 0 aliphatic rings. The number of amides is 1. The number of hydroxylamine groups is 1. The van der Waals surface area contributed by atoms with Crippen molar-refractivity contribution in [3.8, 4) is 0 Å². The highest BCUT2D eigenvalue weighted by molar-refractivity contribution is 6.33. The zero-order valence-electron chi connectivity index (χ0n) is 9.90. The number of halogens is 2. The maximum atomic E-state index is 13.2. The summed E-state index contributed by atoms with van der Waals surface area (Å²) in [4.78, 5) is 16.8. The van der Waals surface area contributed by atoms with Crippen LogP contribution in [-0.4, -0.2) is 5.91 Å². The van der Waals surface area contributed by atoms with Gasteiger partial charge in [-0.05, 0) is 17.7 Å². The molecule has 0 bridgehead atoms. The summed E-state index contributed by atoms with van der Waals surface area (Å²) in [6, 6.07) is 13.4. The molecule has 1 amide bonds. The van der Waals surface area contributed by atoms with Crippen LogP contribution in [0.5, 0.6) is 0 Å². The zero-order chi connectivity index (χ0) is 13.7. The van der Waals surface area contributed by atoms with Gasteiger partial charge in [-0.3, -0.25) is 9.63 Å². The van der Waals surface area contributed by atoms with Crippen LogP contribution in [-0.2, 0) is 11.4 Å². The minimum absolute atomic E-state index is 0.0368. The van der Waals surface area contributed by atoms with Gasteiger partial charge in [0.2, 0.25) is 0 Å². The molecule has 0 saturated heterocycles. The van der Waals surface area contributed by atoms with Gasteiger partial charge in [0, 0.05) is 0 Å². The average molecular weight is 280 g/mol. The minimum atomic E-state index is -0.641. The van der Waals surface area contributed by atoms with E-state index < -0.39 is 11.7 Å². The maximum Gasteiger partial charge on any atom is 0.276 e. The van der Waals surface area contributed by atoms with Gasteiger partial charge in [-0.2, -0.15) is 0 Å². The highest BCUT2D eigenvalue weighted by atomic mass is 35.5. The van der Waals surface area contributed by atoms with Gasteiger partial charge < -0.3 is 0 Å². The van der Waals surface area contributed by atoms with Crippen LogP contribution in [0.2, 0.25) is 5.02 Å². The third kappa shape index (κ3) is 3.53. The van der Waals surface area contributed by atoms with E-state index in [0.29, 0.717) is 0 Å². The van der Waals surface area contributed by atoms with Gasteiger partial charge in [-0.15, -0.1) is 0 Å². The molecule has 0 aromatic heterocycles. The first kappa shape index (κ1) is 13.5. The first-order chi connectivity index (χ1) is 9.18. The number of rotatable bonds is 4. The van der Waals surface area contributed by atoms with E-state index in [2.05, 4.69) is 5.48 Å². The zero-order valence-corrected chi connectivity index (χ0v) is 10.7. The second-order valence-electron chi connectivity index (χ2n) is 3.81. The van der Waals surface area contributed by atoms with E-state index in [-0.39, 0.29) is 17.2 Å². The molecule has 0 fully saturated rings. The Bertz CT molecular complexity index is 575. The van der Waals surface area contributed by atoms with Gasteiger partial charge in [0.1, 0.15) is 5.82 Å². The van der Waals surface area contributed by atoms with Gasteiger partial charge in [-0.25, -0.2) is 9.87 Å². The van der Waals surface area contributed by atoms with Crippen molar-refractivity contribution in [1.82, 2.24) is 5.48 Å². The van der Waals surface area contributed by atoms with Crippen molar-refractivity contribution < 1.29 is 14.0 Å². The Hall–Kier alpha value is -1.91. The van der Waals surface area contributed by atoms with Crippen LogP contribution in [0.4, 0.5) is 4.39 Å². The van der Waals surface area contributed by atoms with Gasteiger partial charge in [0.25, 0.3) is 5.91 Å². The predicted octanol–water partition coefficient (Wildman–Crippen LogP) is 3.34. The Morgan fingerprint density at radius 3 is 2.63 bits per heavy atom. The van der Waals surface area contributed by atoms with E-state index >= 15 is 0 Å². The predicted molar refractivity (Wildman–Crippen MR) is 70.1 cm³/mol. The molecule has 98 valence electrons. The third-order valence-corrected chi connectivity index (χ3v) is 2.83. The molecule has 0 aliphatic heterocycles. The largest absolute Gasteiger partial charge is 0.276 e. The lowest BCUT2D eigenvalue weighted by Gasteiger charge is -2.07. The molecule has 2 aromatic rings. The summed E-state index contributed by atoms with van der Waals surface area (Å²) >= 11 is 5.69. The van der Waals surface area contributed by atoms with Crippen molar-refractivity contribution in [3.63, 3.8) is 0 Å². The molecule has 5 heteroatoms. The van der Waals surface area contributed by atoms with E-state index in [0.717, 1.165) is 5.56 Å². The molecule has 0 heterocycles. The van der Waals surface area contributed by atoms with Crippen molar-refractivity contribution in [3.05, 3.63) is 70.5 Å². The number of hydrogen-bond donors (Lipinski definition) is 1. The SMILES string of the molecule is O=C(NOCc1ccccc1)c1cccc(F)c1Cl. The van der Waals surface area contributed by atoms with Crippen molar-refractivity contribution in [2.24, 2.45) is 0 Å². The standard InChI is InChI=1S/C14H11ClFNO2/c15-13-11(7-4-8-12(13)16)14(18)17-19-9-10-5-2-1-3-6-10/h1-8H,9H2,(H,17,18). The van der Waals surface area contributed by atoms with Crippen LogP contribution >= 0.6 is 11.6 Å². The fraction of sp³-hybridized carbons (Fsp3) is 0.0714. The topological polar surface area (TPSA) is 38.3 Å². The van der Waals surface area contributed by atoms with Crippen LogP contribution in [0.1, 0.15) is 15.9 Å². The number of nitrogens with one attached hydrogen (secondary N) is 1. The summed E-state index contributed by atoms with van der Waals surface area (Å²) in [5.74, 6) is -1.22. The lowest BCUT2D eigenvalue weighted by atomic mass is 10.2. The summed E-state index contributed by atoms with van der Waals surface area (Å²) in [5.41, 5.74) is 3.17. The van der Waals surface area contributed by atoms with Gasteiger partial charge in [0.05, 0.1) is 17.2 Å². The van der Waals surface area contributed by atoms with Crippen molar-refractivity contribution in [2.75, 3.05) is 0 Å². The Balaban J connectivity index is 1.93. The minimum Gasteiger partial charge on any atom is -0.269 e. The molecule has 3 nitrogen and oxygen atoms in total. The molecular weight excluding hydrogens is 269 g/mol. The van der Waals surface area contributed by atoms with E-state index in [1.54, 1.807) is 0 Å². The first-order valence-electron chi connectivity index (χ1n) is 5.58. The molecule has 0 aliphatic carbocycles. The van der Waals surface area contributed by atoms with E-state index in [9.17, 15) is 9.18 Å². The smallest absolute Gasteiger partial charge is 0.269 e. The molecule has 0 unspecified atom stereocenters. The molecular formula is C14H11ClFNO2. The number of carbonyl (C=O) groups is 1. The molecule has 0 saturated carbocycles. The fourth-order valence-corrected chi connectivity index (χ4v) is 1.71. The van der Waals surface area contributed by atoms with Crippen LogP contribution in [0.3, 0.4) is 0 Å². The van der Waals surface area contributed by atoms with Crippen LogP contribution in [0.25, 0.3) is 0 Å². The Labute approximate surface area is 114 Å². The van der Waals surface area contributed by atoms with Gasteiger partial charge in [-0.1, -0.05) is 48.0 Å². The highest BCUT2D eigenvalue weighted by Gasteiger charge is 2.13. The number of carbonyl (C=O) groups excluding carboxylic acids is 1. The van der Waals surface area contributed by atoms with Gasteiger partial charge >= 0.3 is 0 Å². The molecule has 1 N–H and O–H groups in total. The normalized spacial score (nSPS) is 10.2. The van der Waals surface area contributed by atoms with E-state index in [1.165, 1.54) is 18.2 Å². The summed E-state index contributed by atoms with van der Waals surface area (Å²) in [7, 11) is 0. The number of benzene rings is 2. The molecule has 0 spiro atoms. The van der Waals surface area contributed by atoms with E-state index in [1.807, 2.05) is 30.3 Å². The van der Waals surface area contributed by atoms with Gasteiger partial charge in [0.15, 0.2) is 0 Å². The molecule has 0 radical (unpaired) electrons. The fourth-order valence-electron chi connectivity index (χ4n) is 1.49. The second-order valence-corrected chi connectivity index (χ2v) is 4.18. The molecule has 2 aromatic carbocycles. The average Bonchev–Trinajstić information content (AvgIpc) is 2.43.